The molecule has 1 aliphatic carbocycles. The highest BCUT2D eigenvalue weighted by molar-refractivity contribution is 4.94. The van der Waals surface area contributed by atoms with Gasteiger partial charge >= 0.3 is 0 Å². The van der Waals surface area contributed by atoms with Crippen molar-refractivity contribution in [3.63, 3.8) is 0 Å². The number of likely N-dealkylation sites (tertiary alicyclic amines) is 1. The van der Waals surface area contributed by atoms with Crippen molar-refractivity contribution in [1.82, 2.24) is 10.2 Å². The number of hydrogen-bond donors (Lipinski definition) is 1. The quantitative estimate of drug-likeness (QED) is 0.674. The second-order valence-electron chi connectivity index (χ2n) is 4.75. The maximum Gasteiger partial charge on any atom is 0.0198 e. The Morgan fingerprint density at radius 2 is 2.14 bits per heavy atom. The molecule has 0 bridgehead atoms. The Balaban J connectivity index is 1.75. The number of allylic oxidation sites excluding steroid dienone is 1. The Morgan fingerprint density at radius 1 is 1.21 bits per heavy atom. The molecule has 2 rings (SSSR count). The van der Waals surface area contributed by atoms with Gasteiger partial charge in [0.15, 0.2) is 0 Å². The van der Waals surface area contributed by atoms with Gasteiger partial charge in [-0.1, -0.05) is 12.2 Å². The lowest BCUT2D eigenvalue weighted by Gasteiger charge is -2.33. The van der Waals surface area contributed by atoms with Gasteiger partial charge in [-0.15, -0.1) is 0 Å². The molecular formula is C12H22N2. The number of nitrogens with zero attached hydrogens (tertiary/aromatic N) is 1. The number of hydrogen-bond acceptors (Lipinski definition) is 2. The molecule has 2 heteroatoms. The van der Waals surface area contributed by atoms with Gasteiger partial charge in [-0.05, 0) is 45.7 Å². The van der Waals surface area contributed by atoms with E-state index >= 15 is 0 Å². The number of likely N-dealkylation sites (N-methyl/N-ethyl adjacent to an activating group) is 1. The van der Waals surface area contributed by atoms with Crippen molar-refractivity contribution in [3.05, 3.63) is 12.2 Å². The topological polar surface area (TPSA) is 15.3 Å². The van der Waals surface area contributed by atoms with Crippen LogP contribution in [0.5, 0.6) is 0 Å². The van der Waals surface area contributed by atoms with Crippen molar-refractivity contribution >= 4 is 0 Å². The molecule has 0 aromatic heterocycles. The first-order chi connectivity index (χ1) is 6.84. The first-order valence-corrected chi connectivity index (χ1v) is 5.94. The van der Waals surface area contributed by atoms with E-state index in [1.807, 2.05) is 0 Å². The Hall–Kier alpha value is -0.340. The molecule has 0 amide bonds. The molecule has 1 fully saturated rings. The second kappa shape index (κ2) is 4.94. The third kappa shape index (κ3) is 2.82. The Labute approximate surface area is 87.4 Å². The van der Waals surface area contributed by atoms with Crippen LogP contribution in [0.4, 0.5) is 0 Å². The van der Waals surface area contributed by atoms with Crippen molar-refractivity contribution in [3.8, 4) is 0 Å². The fourth-order valence-electron chi connectivity index (χ4n) is 2.58. The summed E-state index contributed by atoms with van der Waals surface area (Å²) in [6.45, 7) is 2.52. The summed E-state index contributed by atoms with van der Waals surface area (Å²) in [5.74, 6) is 0. The summed E-state index contributed by atoms with van der Waals surface area (Å²) in [4.78, 5) is 2.44. The van der Waals surface area contributed by atoms with Crippen molar-refractivity contribution in [2.45, 2.75) is 44.2 Å². The number of piperidine rings is 1. The predicted octanol–water partition coefficient (Wildman–Crippen LogP) is 1.78. The van der Waals surface area contributed by atoms with Gasteiger partial charge in [-0.2, -0.15) is 0 Å². The minimum Gasteiger partial charge on any atom is -0.310 e. The maximum absolute atomic E-state index is 3.80. The van der Waals surface area contributed by atoms with E-state index in [2.05, 4.69) is 29.4 Å². The highest BCUT2D eigenvalue weighted by Gasteiger charge is 2.20. The number of rotatable bonds is 2. The minimum absolute atomic E-state index is 0.741. The molecule has 0 aromatic carbocycles. The molecule has 1 saturated heterocycles. The smallest absolute Gasteiger partial charge is 0.0198 e. The molecule has 0 spiro atoms. The van der Waals surface area contributed by atoms with Gasteiger partial charge in [-0.3, -0.25) is 0 Å². The van der Waals surface area contributed by atoms with Gasteiger partial charge in [-0.25, -0.2) is 0 Å². The molecule has 2 atom stereocenters. The minimum atomic E-state index is 0.741. The molecule has 80 valence electrons. The van der Waals surface area contributed by atoms with Gasteiger partial charge in [0.1, 0.15) is 0 Å². The first kappa shape index (κ1) is 10.2. The van der Waals surface area contributed by atoms with E-state index in [1.54, 1.807) is 0 Å². The lowest BCUT2D eigenvalue weighted by molar-refractivity contribution is 0.213. The summed E-state index contributed by atoms with van der Waals surface area (Å²) in [7, 11) is 2.23. The van der Waals surface area contributed by atoms with Crippen molar-refractivity contribution < 1.29 is 0 Å². The van der Waals surface area contributed by atoms with Gasteiger partial charge in [0.2, 0.25) is 0 Å². The molecule has 1 heterocycles. The lowest BCUT2D eigenvalue weighted by atomic mass is 9.98. The van der Waals surface area contributed by atoms with Crippen LogP contribution < -0.4 is 5.32 Å². The summed E-state index contributed by atoms with van der Waals surface area (Å²) >= 11 is 0. The Morgan fingerprint density at radius 3 is 2.86 bits per heavy atom. The molecule has 0 aromatic rings. The standard InChI is InChI=1S/C12H22N2/c1-14-9-5-8-12(10-14)13-11-6-3-2-4-7-11/h2-3,11-13H,4-10H2,1H3. The van der Waals surface area contributed by atoms with E-state index in [1.165, 1.54) is 45.2 Å². The third-order valence-corrected chi connectivity index (χ3v) is 3.36. The van der Waals surface area contributed by atoms with Gasteiger partial charge in [0, 0.05) is 18.6 Å². The van der Waals surface area contributed by atoms with Crippen LogP contribution in [0, 0.1) is 0 Å². The molecule has 2 nitrogen and oxygen atoms in total. The predicted molar refractivity (Wildman–Crippen MR) is 60.4 cm³/mol. The summed E-state index contributed by atoms with van der Waals surface area (Å²) in [6.07, 6.45) is 11.2. The van der Waals surface area contributed by atoms with Crippen LogP contribution in [0.1, 0.15) is 32.1 Å². The van der Waals surface area contributed by atoms with Crippen LogP contribution in [0.3, 0.4) is 0 Å². The fourth-order valence-corrected chi connectivity index (χ4v) is 2.58. The summed E-state index contributed by atoms with van der Waals surface area (Å²) in [5, 5.41) is 3.80. The molecule has 14 heavy (non-hydrogen) atoms. The second-order valence-corrected chi connectivity index (χ2v) is 4.75. The van der Waals surface area contributed by atoms with Crippen molar-refractivity contribution in [2.75, 3.05) is 20.1 Å². The van der Waals surface area contributed by atoms with Crippen LogP contribution >= 0.6 is 0 Å². The molecular weight excluding hydrogens is 172 g/mol. The monoisotopic (exact) mass is 194 g/mol. The highest BCUT2D eigenvalue weighted by Crippen LogP contribution is 2.14. The van der Waals surface area contributed by atoms with Crippen LogP contribution in [0.15, 0.2) is 12.2 Å². The van der Waals surface area contributed by atoms with Gasteiger partial charge in [0.25, 0.3) is 0 Å². The van der Waals surface area contributed by atoms with Crippen molar-refractivity contribution in [1.29, 1.82) is 0 Å². The van der Waals surface area contributed by atoms with E-state index in [9.17, 15) is 0 Å². The maximum atomic E-state index is 3.80. The molecule has 2 aliphatic rings. The average Bonchev–Trinajstić information content (AvgIpc) is 2.19. The molecule has 2 unspecified atom stereocenters. The molecule has 0 saturated carbocycles. The SMILES string of the molecule is CN1CCCC(NC2CC=CCC2)C1. The van der Waals surface area contributed by atoms with E-state index in [0.717, 1.165) is 12.1 Å². The zero-order chi connectivity index (χ0) is 9.80. The highest BCUT2D eigenvalue weighted by atomic mass is 15.1. The fraction of sp³-hybridized carbons (Fsp3) is 0.833. The molecule has 1 N–H and O–H groups in total. The van der Waals surface area contributed by atoms with E-state index < -0.39 is 0 Å². The normalized spacial score (nSPS) is 34.6. The summed E-state index contributed by atoms with van der Waals surface area (Å²) in [5.41, 5.74) is 0. The van der Waals surface area contributed by atoms with Crippen LogP contribution in [0.25, 0.3) is 0 Å². The van der Waals surface area contributed by atoms with Gasteiger partial charge in [0.05, 0.1) is 0 Å². The van der Waals surface area contributed by atoms with Gasteiger partial charge < -0.3 is 10.2 Å². The Kier molecular flexibility index (Phi) is 3.60. The Bertz CT molecular complexity index is 200. The average molecular weight is 194 g/mol. The van der Waals surface area contributed by atoms with E-state index in [4.69, 9.17) is 0 Å². The van der Waals surface area contributed by atoms with Crippen LogP contribution in [-0.2, 0) is 0 Å². The van der Waals surface area contributed by atoms with Crippen LogP contribution in [0.2, 0.25) is 0 Å². The molecule has 1 aliphatic heterocycles. The van der Waals surface area contributed by atoms with E-state index in [0.29, 0.717) is 0 Å². The van der Waals surface area contributed by atoms with Crippen LogP contribution in [-0.4, -0.2) is 37.1 Å². The van der Waals surface area contributed by atoms with E-state index in [-0.39, 0.29) is 0 Å². The summed E-state index contributed by atoms with van der Waals surface area (Å²) in [6, 6.07) is 1.49. The largest absolute Gasteiger partial charge is 0.310 e. The molecule has 0 radical (unpaired) electrons. The third-order valence-electron chi connectivity index (χ3n) is 3.36. The van der Waals surface area contributed by atoms with Crippen molar-refractivity contribution in [2.24, 2.45) is 0 Å². The lowest BCUT2D eigenvalue weighted by Crippen LogP contribution is -2.48. The zero-order valence-electron chi connectivity index (χ0n) is 9.21. The summed E-state index contributed by atoms with van der Waals surface area (Å²) < 4.78 is 0. The zero-order valence-corrected chi connectivity index (χ0v) is 9.21. The first-order valence-electron chi connectivity index (χ1n) is 5.94. The number of nitrogens with one attached hydrogen (secondary N) is 1.